The van der Waals surface area contributed by atoms with E-state index in [9.17, 15) is 4.79 Å². The molecule has 18 heavy (non-hydrogen) atoms. The topological polar surface area (TPSA) is 29.1 Å². The summed E-state index contributed by atoms with van der Waals surface area (Å²) in [5, 5.41) is 4.03. The van der Waals surface area contributed by atoms with Gasteiger partial charge >= 0.3 is 0 Å². The van der Waals surface area contributed by atoms with E-state index in [2.05, 4.69) is 21.2 Å². The zero-order chi connectivity index (χ0) is 13.2. The van der Waals surface area contributed by atoms with Gasteiger partial charge in [-0.3, -0.25) is 4.79 Å². The maximum atomic E-state index is 11.8. The van der Waals surface area contributed by atoms with Crippen LogP contribution >= 0.6 is 27.7 Å². The molecule has 0 aliphatic rings. The van der Waals surface area contributed by atoms with E-state index < -0.39 is 0 Å². The largest absolute Gasteiger partial charge is 0.352 e. The van der Waals surface area contributed by atoms with Crippen molar-refractivity contribution in [1.82, 2.24) is 5.32 Å². The lowest BCUT2D eigenvalue weighted by molar-refractivity contribution is 0.0953. The molecule has 2 nitrogen and oxygen atoms in total. The van der Waals surface area contributed by atoms with Crippen LogP contribution in [0.4, 0.5) is 0 Å². The van der Waals surface area contributed by atoms with Crippen molar-refractivity contribution >= 4 is 33.6 Å². The van der Waals surface area contributed by atoms with Gasteiger partial charge in [-0.1, -0.05) is 28.8 Å². The number of hydrogen-bond donors (Lipinski definition) is 1. The molecule has 0 bridgehead atoms. The molecule has 4 heteroatoms. The van der Waals surface area contributed by atoms with Crippen LogP contribution in [0.1, 0.15) is 36.0 Å². The Labute approximate surface area is 122 Å². The van der Waals surface area contributed by atoms with E-state index in [0.29, 0.717) is 0 Å². The number of rotatable bonds is 8. The van der Waals surface area contributed by atoms with Gasteiger partial charge in [0.2, 0.25) is 0 Å². The molecule has 0 atom stereocenters. The molecule has 0 aliphatic heterocycles. The monoisotopic (exact) mass is 329 g/mol. The second-order valence-corrected chi connectivity index (χ2v) is 5.76. The number of unbranched alkanes of at least 4 members (excludes halogenated alkanes) is 3. The van der Waals surface area contributed by atoms with Crippen LogP contribution in [0.3, 0.4) is 0 Å². The first-order chi connectivity index (χ1) is 8.77. The van der Waals surface area contributed by atoms with Crippen molar-refractivity contribution in [3.63, 3.8) is 0 Å². The van der Waals surface area contributed by atoms with Crippen LogP contribution in [-0.2, 0) is 0 Å². The summed E-state index contributed by atoms with van der Waals surface area (Å²) in [6, 6.07) is 7.73. The highest BCUT2D eigenvalue weighted by Crippen LogP contribution is 2.14. The molecule has 0 fully saturated rings. The molecule has 1 aromatic carbocycles. The van der Waals surface area contributed by atoms with Gasteiger partial charge < -0.3 is 5.32 Å². The molecule has 0 heterocycles. The quantitative estimate of drug-likeness (QED) is 0.442. The van der Waals surface area contributed by atoms with Crippen molar-refractivity contribution in [1.29, 1.82) is 0 Å². The number of amides is 1. The highest BCUT2D eigenvalue weighted by atomic mass is 79.9. The molecule has 0 saturated carbocycles. The number of nitrogens with one attached hydrogen (secondary N) is 1. The van der Waals surface area contributed by atoms with Crippen molar-refractivity contribution in [2.24, 2.45) is 0 Å². The van der Waals surface area contributed by atoms with E-state index in [-0.39, 0.29) is 5.91 Å². The third-order valence-electron chi connectivity index (χ3n) is 2.70. The Morgan fingerprint density at radius 3 is 2.44 bits per heavy atom. The lowest BCUT2D eigenvalue weighted by atomic mass is 10.2. The van der Waals surface area contributed by atoms with Crippen LogP contribution in [-0.4, -0.2) is 24.0 Å². The van der Waals surface area contributed by atoms with Crippen molar-refractivity contribution in [2.75, 3.05) is 18.1 Å². The van der Waals surface area contributed by atoms with Crippen LogP contribution in [0.2, 0.25) is 0 Å². The average molecular weight is 330 g/mol. The predicted molar refractivity (Wildman–Crippen MR) is 82.8 cm³/mol. The summed E-state index contributed by atoms with van der Waals surface area (Å²) in [6.07, 6.45) is 6.70. The van der Waals surface area contributed by atoms with Gasteiger partial charge in [0.05, 0.1) is 0 Å². The third-order valence-corrected chi connectivity index (χ3v) is 4.00. The van der Waals surface area contributed by atoms with Gasteiger partial charge in [-0.2, -0.15) is 0 Å². The number of carbonyl (C=O) groups excluding carboxylic acids is 1. The molecule has 0 saturated heterocycles. The second kappa shape index (κ2) is 9.45. The fourth-order valence-corrected chi connectivity index (χ4v) is 2.42. The molecule has 0 radical (unpaired) electrons. The molecule has 0 unspecified atom stereocenters. The van der Waals surface area contributed by atoms with Crippen molar-refractivity contribution in [2.45, 2.75) is 30.6 Å². The number of carbonyl (C=O) groups is 1. The minimum Gasteiger partial charge on any atom is -0.352 e. The Hall–Kier alpha value is -0.480. The van der Waals surface area contributed by atoms with Crippen LogP contribution < -0.4 is 5.32 Å². The van der Waals surface area contributed by atoms with E-state index in [1.807, 2.05) is 30.5 Å². The summed E-state index contributed by atoms with van der Waals surface area (Å²) >= 11 is 5.10. The average Bonchev–Trinajstić information content (AvgIpc) is 2.42. The number of hydrogen-bond acceptors (Lipinski definition) is 2. The van der Waals surface area contributed by atoms with Gasteiger partial charge in [0, 0.05) is 22.3 Å². The fourth-order valence-electron chi connectivity index (χ4n) is 1.62. The first kappa shape index (κ1) is 15.6. The van der Waals surface area contributed by atoms with Crippen LogP contribution in [0.25, 0.3) is 0 Å². The van der Waals surface area contributed by atoms with Gasteiger partial charge in [-0.05, 0) is 43.4 Å². The number of benzene rings is 1. The zero-order valence-electron chi connectivity index (χ0n) is 10.7. The standard InChI is InChI=1S/C14H20BrNOS/c1-18-13-8-6-12(7-9-13)14(17)16-11-5-3-2-4-10-15/h6-9H,2-5,10-11H2,1H3,(H,16,17). The Balaban J connectivity index is 2.23. The fraction of sp³-hybridized carbons (Fsp3) is 0.500. The smallest absolute Gasteiger partial charge is 0.251 e. The van der Waals surface area contributed by atoms with Crippen molar-refractivity contribution < 1.29 is 4.79 Å². The van der Waals surface area contributed by atoms with E-state index in [0.717, 1.165) is 23.9 Å². The molecule has 1 aromatic rings. The predicted octanol–water partition coefficient (Wildman–Crippen LogP) is 4.09. The molecule has 1 N–H and O–H groups in total. The summed E-state index contributed by atoms with van der Waals surface area (Å²) in [5.74, 6) is 0.0307. The summed E-state index contributed by atoms with van der Waals surface area (Å²) in [7, 11) is 0. The molecule has 1 amide bonds. The maximum Gasteiger partial charge on any atom is 0.251 e. The highest BCUT2D eigenvalue weighted by molar-refractivity contribution is 9.09. The molecule has 0 aliphatic carbocycles. The van der Waals surface area contributed by atoms with E-state index >= 15 is 0 Å². The van der Waals surface area contributed by atoms with Gasteiger partial charge in [0.15, 0.2) is 0 Å². The lowest BCUT2D eigenvalue weighted by Crippen LogP contribution is -2.24. The Morgan fingerprint density at radius 1 is 1.17 bits per heavy atom. The van der Waals surface area contributed by atoms with E-state index in [1.54, 1.807) is 11.8 Å². The van der Waals surface area contributed by atoms with E-state index in [4.69, 9.17) is 0 Å². The first-order valence-corrected chi connectivity index (χ1v) is 8.60. The molecule has 1 rings (SSSR count). The van der Waals surface area contributed by atoms with Crippen LogP contribution in [0, 0.1) is 0 Å². The molecular formula is C14H20BrNOS. The van der Waals surface area contributed by atoms with Crippen LogP contribution in [0.15, 0.2) is 29.2 Å². The molecular weight excluding hydrogens is 310 g/mol. The van der Waals surface area contributed by atoms with Crippen LogP contribution in [0.5, 0.6) is 0 Å². The van der Waals surface area contributed by atoms with E-state index in [1.165, 1.54) is 24.2 Å². The van der Waals surface area contributed by atoms with Gasteiger partial charge in [-0.25, -0.2) is 0 Å². The summed E-state index contributed by atoms with van der Waals surface area (Å²) < 4.78 is 0. The Morgan fingerprint density at radius 2 is 1.83 bits per heavy atom. The van der Waals surface area contributed by atoms with Gasteiger partial charge in [-0.15, -0.1) is 11.8 Å². The molecule has 0 aromatic heterocycles. The maximum absolute atomic E-state index is 11.8. The number of thioether (sulfide) groups is 1. The van der Waals surface area contributed by atoms with Gasteiger partial charge in [0.25, 0.3) is 5.91 Å². The SMILES string of the molecule is CSc1ccc(C(=O)NCCCCCCBr)cc1. The highest BCUT2D eigenvalue weighted by Gasteiger charge is 2.03. The van der Waals surface area contributed by atoms with Gasteiger partial charge in [0.1, 0.15) is 0 Å². The lowest BCUT2D eigenvalue weighted by Gasteiger charge is -2.05. The Kier molecular flexibility index (Phi) is 8.18. The number of alkyl halides is 1. The first-order valence-electron chi connectivity index (χ1n) is 6.26. The summed E-state index contributed by atoms with van der Waals surface area (Å²) in [6.45, 7) is 0.769. The molecule has 100 valence electrons. The minimum atomic E-state index is 0.0307. The second-order valence-electron chi connectivity index (χ2n) is 4.09. The van der Waals surface area contributed by atoms with Crippen molar-refractivity contribution in [3.05, 3.63) is 29.8 Å². The minimum absolute atomic E-state index is 0.0307. The third kappa shape index (κ3) is 5.91. The normalized spacial score (nSPS) is 10.3. The summed E-state index contributed by atoms with van der Waals surface area (Å²) in [4.78, 5) is 13.0. The summed E-state index contributed by atoms with van der Waals surface area (Å²) in [5.41, 5.74) is 0.744. The van der Waals surface area contributed by atoms with Crippen molar-refractivity contribution in [3.8, 4) is 0 Å². The molecule has 0 spiro atoms. The Bertz CT molecular complexity index is 353. The zero-order valence-corrected chi connectivity index (χ0v) is 13.1. The number of halogens is 1.